The summed E-state index contributed by atoms with van der Waals surface area (Å²) in [5, 5.41) is 0. The topological polar surface area (TPSA) is 52.6 Å². The van der Waals surface area contributed by atoms with Gasteiger partial charge in [0.25, 0.3) is 0 Å². The van der Waals surface area contributed by atoms with E-state index in [2.05, 4.69) is 29.5 Å². The standard InChI is InChI=1S/C22H33IO4/c1-2-3-10-17-26-21(24)11-8-6-4-5-7-9-12-22(25)27-18-19-13-15-20(23)16-14-19/h13-16H,2-12,17-18H2,1H3. The van der Waals surface area contributed by atoms with Crippen LogP contribution in [-0.2, 0) is 25.7 Å². The van der Waals surface area contributed by atoms with Gasteiger partial charge in [0.1, 0.15) is 6.61 Å². The molecule has 0 radical (unpaired) electrons. The van der Waals surface area contributed by atoms with Crippen molar-refractivity contribution in [3.63, 3.8) is 0 Å². The summed E-state index contributed by atoms with van der Waals surface area (Å²) in [7, 11) is 0. The minimum absolute atomic E-state index is 0.0676. The molecule has 0 aliphatic rings. The third kappa shape index (κ3) is 13.7. The highest BCUT2D eigenvalue weighted by atomic mass is 127. The predicted molar refractivity (Wildman–Crippen MR) is 116 cm³/mol. The van der Waals surface area contributed by atoms with E-state index in [1.165, 1.54) is 3.57 Å². The smallest absolute Gasteiger partial charge is 0.306 e. The summed E-state index contributed by atoms with van der Waals surface area (Å²) in [4.78, 5) is 23.3. The Bertz CT molecular complexity index is 528. The molecule has 4 nitrogen and oxygen atoms in total. The van der Waals surface area contributed by atoms with E-state index in [9.17, 15) is 9.59 Å². The van der Waals surface area contributed by atoms with E-state index in [0.29, 0.717) is 26.1 Å². The van der Waals surface area contributed by atoms with Crippen molar-refractivity contribution in [3.05, 3.63) is 33.4 Å². The van der Waals surface area contributed by atoms with Crippen LogP contribution in [0.2, 0.25) is 0 Å². The van der Waals surface area contributed by atoms with Gasteiger partial charge in [0.15, 0.2) is 0 Å². The molecule has 152 valence electrons. The van der Waals surface area contributed by atoms with E-state index in [1.54, 1.807) is 0 Å². The van der Waals surface area contributed by atoms with E-state index < -0.39 is 0 Å². The molecule has 0 bridgehead atoms. The maximum atomic E-state index is 11.7. The molecule has 1 rings (SSSR count). The van der Waals surface area contributed by atoms with Crippen LogP contribution in [0.1, 0.15) is 83.1 Å². The van der Waals surface area contributed by atoms with Crippen molar-refractivity contribution in [1.82, 2.24) is 0 Å². The molecule has 0 amide bonds. The third-order valence-electron chi connectivity index (χ3n) is 4.34. The average molecular weight is 488 g/mol. The first kappa shape index (κ1) is 23.9. The van der Waals surface area contributed by atoms with Crippen LogP contribution in [0.25, 0.3) is 0 Å². The molecule has 0 heterocycles. The minimum Gasteiger partial charge on any atom is -0.466 e. The van der Waals surface area contributed by atoms with Crippen LogP contribution in [0.5, 0.6) is 0 Å². The summed E-state index contributed by atoms with van der Waals surface area (Å²) in [6.07, 6.45) is 10.3. The van der Waals surface area contributed by atoms with Crippen molar-refractivity contribution in [1.29, 1.82) is 0 Å². The van der Waals surface area contributed by atoms with Crippen LogP contribution in [-0.4, -0.2) is 18.5 Å². The zero-order valence-electron chi connectivity index (χ0n) is 16.5. The lowest BCUT2D eigenvalue weighted by molar-refractivity contribution is -0.145. The molecule has 5 heteroatoms. The highest BCUT2D eigenvalue weighted by Gasteiger charge is 2.04. The second-order valence-corrected chi connectivity index (χ2v) is 8.08. The maximum absolute atomic E-state index is 11.7. The van der Waals surface area contributed by atoms with Gasteiger partial charge in [0, 0.05) is 16.4 Å². The fourth-order valence-corrected chi connectivity index (χ4v) is 3.03. The number of esters is 2. The SMILES string of the molecule is CCCCCOC(=O)CCCCCCCCC(=O)OCc1ccc(I)cc1. The molecule has 0 N–H and O–H groups in total. The van der Waals surface area contributed by atoms with Crippen molar-refractivity contribution >= 4 is 34.5 Å². The molecule has 0 atom stereocenters. The Morgan fingerprint density at radius 1 is 0.778 bits per heavy atom. The monoisotopic (exact) mass is 488 g/mol. The maximum Gasteiger partial charge on any atom is 0.306 e. The van der Waals surface area contributed by atoms with E-state index in [4.69, 9.17) is 9.47 Å². The van der Waals surface area contributed by atoms with E-state index in [0.717, 1.165) is 63.4 Å². The van der Waals surface area contributed by atoms with Gasteiger partial charge in [-0.3, -0.25) is 9.59 Å². The van der Waals surface area contributed by atoms with Gasteiger partial charge >= 0.3 is 11.9 Å². The van der Waals surface area contributed by atoms with Gasteiger partial charge in [-0.1, -0.05) is 57.6 Å². The molecule has 0 saturated heterocycles. The van der Waals surface area contributed by atoms with Gasteiger partial charge in [-0.05, 0) is 59.5 Å². The number of hydrogen-bond acceptors (Lipinski definition) is 4. The van der Waals surface area contributed by atoms with Gasteiger partial charge in [0.05, 0.1) is 6.61 Å². The van der Waals surface area contributed by atoms with Crippen LogP contribution < -0.4 is 0 Å². The lowest BCUT2D eigenvalue weighted by Gasteiger charge is -2.06. The Hall–Kier alpha value is -1.11. The first-order chi connectivity index (χ1) is 13.1. The summed E-state index contributed by atoms with van der Waals surface area (Å²) >= 11 is 2.25. The molecule has 0 aliphatic heterocycles. The Kier molecular flexibility index (Phi) is 14.1. The quantitative estimate of drug-likeness (QED) is 0.168. The number of carbonyl (C=O) groups is 2. The second kappa shape index (κ2) is 15.9. The van der Waals surface area contributed by atoms with Gasteiger partial charge < -0.3 is 9.47 Å². The zero-order valence-corrected chi connectivity index (χ0v) is 18.7. The largest absolute Gasteiger partial charge is 0.466 e. The number of benzene rings is 1. The summed E-state index contributed by atoms with van der Waals surface area (Å²) in [5.74, 6) is -0.193. The lowest BCUT2D eigenvalue weighted by Crippen LogP contribution is -2.05. The number of carbonyl (C=O) groups excluding carboxylic acids is 2. The van der Waals surface area contributed by atoms with E-state index in [1.807, 2.05) is 24.3 Å². The van der Waals surface area contributed by atoms with Crippen LogP contribution in [0.4, 0.5) is 0 Å². The van der Waals surface area contributed by atoms with Crippen molar-refractivity contribution in [2.24, 2.45) is 0 Å². The summed E-state index contributed by atoms with van der Waals surface area (Å²) < 4.78 is 11.7. The molecule has 1 aromatic rings. The average Bonchev–Trinajstić information content (AvgIpc) is 2.67. The van der Waals surface area contributed by atoms with E-state index >= 15 is 0 Å². The molecule has 0 spiro atoms. The highest BCUT2D eigenvalue weighted by molar-refractivity contribution is 14.1. The fourth-order valence-electron chi connectivity index (χ4n) is 2.67. The van der Waals surface area contributed by atoms with Crippen molar-refractivity contribution < 1.29 is 19.1 Å². The Balaban J connectivity index is 1.90. The van der Waals surface area contributed by atoms with Gasteiger partial charge in [-0.25, -0.2) is 0 Å². The zero-order chi connectivity index (χ0) is 19.7. The Labute approximate surface area is 177 Å². The molecule has 0 fully saturated rings. The summed E-state index contributed by atoms with van der Waals surface area (Å²) in [6.45, 7) is 3.05. The summed E-state index contributed by atoms with van der Waals surface area (Å²) in [5.41, 5.74) is 1.02. The number of halogens is 1. The fraction of sp³-hybridized carbons (Fsp3) is 0.636. The van der Waals surface area contributed by atoms with Crippen molar-refractivity contribution in [2.45, 2.75) is 84.2 Å². The Morgan fingerprint density at radius 2 is 1.33 bits per heavy atom. The van der Waals surface area contributed by atoms with E-state index in [-0.39, 0.29) is 11.9 Å². The molecule has 0 unspecified atom stereocenters. The van der Waals surface area contributed by atoms with Crippen LogP contribution in [0, 0.1) is 3.57 Å². The first-order valence-electron chi connectivity index (χ1n) is 10.2. The highest BCUT2D eigenvalue weighted by Crippen LogP contribution is 2.11. The van der Waals surface area contributed by atoms with Gasteiger partial charge in [0.2, 0.25) is 0 Å². The normalized spacial score (nSPS) is 10.6. The van der Waals surface area contributed by atoms with Crippen molar-refractivity contribution in [3.8, 4) is 0 Å². The second-order valence-electron chi connectivity index (χ2n) is 6.84. The Morgan fingerprint density at radius 3 is 1.93 bits per heavy atom. The molecule has 27 heavy (non-hydrogen) atoms. The summed E-state index contributed by atoms with van der Waals surface area (Å²) in [6, 6.07) is 7.98. The predicted octanol–water partition coefficient (Wildman–Crippen LogP) is 6.19. The van der Waals surface area contributed by atoms with Gasteiger partial charge in [-0.2, -0.15) is 0 Å². The minimum atomic E-state index is -0.126. The lowest BCUT2D eigenvalue weighted by atomic mass is 10.1. The molecular formula is C22H33IO4. The number of unbranched alkanes of at least 4 members (excludes halogenated alkanes) is 7. The van der Waals surface area contributed by atoms with Crippen molar-refractivity contribution in [2.75, 3.05) is 6.61 Å². The van der Waals surface area contributed by atoms with Crippen LogP contribution >= 0.6 is 22.6 Å². The number of rotatable bonds is 15. The molecule has 0 aliphatic carbocycles. The van der Waals surface area contributed by atoms with Gasteiger partial charge in [-0.15, -0.1) is 0 Å². The molecule has 0 saturated carbocycles. The number of ether oxygens (including phenoxy) is 2. The molecule has 1 aromatic carbocycles. The third-order valence-corrected chi connectivity index (χ3v) is 5.05. The van der Waals surface area contributed by atoms with Crippen LogP contribution in [0.15, 0.2) is 24.3 Å². The first-order valence-corrected chi connectivity index (χ1v) is 11.3. The molecule has 0 aromatic heterocycles. The molecular weight excluding hydrogens is 455 g/mol. The van der Waals surface area contributed by atoms with Crippen LogP contribution in [0.3, 0.4) is 0 Å². The number of hydrogen-bond donors (Lipinski definition) is 0.